The number of thioether (sulfide) groups is 1. The normalized spacial score (nSPS) is 26.1. The van der Waals surface area contributed by atoms with E-state index in [4.69, 9.17) is 0 Å². The van der Waals surface area contributed by atoms with Crippen LogP contribution in [0.2, 0.25) is 0 Å². The van der Waals surface area contributed by atoms with Crippen molar-refractivity contribution in [1.82, 2.24) is 14.7 Å². The Morgan fingerprint density at radius 3 is 3.00 bits per heavy atom. The summed E-state index contributed by atoms with van der Waals surface area (Å²) < 4.78 is 26.6. The number of nitrogens with zero attached hydrogens (tertiary/aromatic N) is 1. The molecule has 7 heteroatoms. The van der Waals surface area contributed by atoms with Crippen LogP contribution in [0.5, 0.6) is 0 Å². The molecule has 0 aromatic carbocycles. The van der Waals surface area contributed by atoms with Crippen molar-refractivity contribution in [3.63, 3.8) is 0 Å². The van der Waals surface area contributed by atoms with Gasteiger partial charge in [-0.25, -0.2) is 18.1 Å². The lowest BCUT2D eigenvalue weighted by Gasteiger charge is -2.18. The molecule has 5 nitrogen and oxygen atoms in total. The molecular weight excluding hydrogens is 246 g/mol. The van der Waals surface area contributed by atoms with Gasteiger partial charge in [0.25, 0.3) is 10.0 Å². The molecule has 2 rings (SSSR count). The minimum absolute atomic E-state index is 0.0447. The van der Waals surface area contributed by atoms with Gasteiger partial charge in [-0.3, -0.25) is 0 Å². The molecule has 1 aromatic heterocycles. The van der Waals surface area contributed by atoms with E-state index in [-0.39, 0.29) is 11.1 Å². The molecule has 1 aliphatic rings. The molecule has 0 spiro atoms. The summed E-state index contributed by atoms with van der Waals surface area (Å²) in [4.78, 5) is 6.34. The van der Waals surface area contributed by atoms with E-state index in [1.54, 1.807) is 11.8 Å². The highest BCUT2D eigenvalue weighted by Gasteiger charge is 2.31. The fraction of sp³-hybridized carbons (Fsp3) is 0.667. The third-order valence-electron chi connectivity index (χ3n) is 2.82. The predicted octanol–water partition coefficient (Wildman–Crippen LogP) is 0.972. The predicted molar refractivity (Wildman–Crippen MR) is 63.9 cm³/mol. The van der Waals surface area contributed by atoms with Gasteiger partial charge in [0, 0.05) is 11.3 Å². The fourth-order valence-electron chi connectivity index (χ4n) is 2.00. The van der Waals surface area contributed by atoms with E-state index in [1.807, 2.05) is 6.26 Å². The zero-order chi connectivity index (χ0) is 11.6. The number of sulfonamides is 1. The van der Waals surface area contributed by atoms with Crippen LogP contribution in [0.1, 0.15) is 19.3 Å². The molecule has 1 heterocycles. The second-order valence-corrected chi connectivity index (χ2v) is 6.61. The van der Waals surface area contributed by atoms with Crippen LogP contribution in [0.3, 0.4) is 0 Å². The van der Waals surface area contributed by atoms with Crippen LogP contribution in [-0.4, -0.2) is 35.9 Å². The van der Waals surface area contributed by atoms with Crippen LogP contribution >= 0.6 is 11.8 Å². The maximum atomic E-state index is 11.9. The highest BCUT2D eigenvalue weighted by molar-refractivity contribution is 7.99. The summed E-state index contributed by atoms with van der Waals surface area (Å²) in [5.74, 6) is 0. The fourth-order valence-corrected chi connectivity index (χ4v) is 4.23. The number of H-pyrrole nitrogens is 1. The number of aromatic amines is 1. The zero-order valence-electron chi connectivity index (χ0n) is 9.01. The lowest BCUT2D eigenvalue weighted by molar-refractivity contribution is 0.552. The van der Waals surface area contributed by atoms with Crippen LogP contribution in [0, 0.1) is 0 Å². The number of aromatic nitrogens is 2. The molecule has 16 heavy (non-hydrogen) atoms. The summed E-state index contributed by atoms with van der Waals surface area (Å²) in [6.07, 6.45) is 7.80. The Balaban J connectivity index is 2.10. The monoisotopic (exact) mass is 261 g/mol. The summed E-state index contributed by atoms with van der Waals surface area (Å²) in [7, 11) is -3.42. The molecule has 1 fully saturated rings. The summed E-state index contributed by atoms with van der Waals surface area (Å²) in [5, 5.41) is 0.525. The number of rotatable bonds is 4. The van der Waals surface area contributed by atoms with E-state index in [0.717, 1.165) is 19.3 Å². The largest absolute Gasteiger partial charge is 0.335 e. The molecule has 1 aromatic rings. The van der Waals surface area contributed by atoms with E-state index >= 15 is 0 Å². The molecule has 2 N–H and O–H groups in total. The molecule has 2 unspecified atom stereocenters. The molecule has 0 aliphatic heterocycles. The van der Waals surface area contributed by atoms with Crippen molar-refractivity contribution < 1.29 is 8.42 Å². The maximum Gasteiger partial charge on any atom is 0.257 e. The van der Waals surface area contributed by atoms with Crippen molar-refractivity contribution in [2.24, 2.45) is 0 Å². The number of imidazole rings is 1. The second kappa shape index (κ2) is 4.77. The van der Waals surface area contributed by atoms with Crippen molar-refractivity contribution in [2.75, 3.05) is 6.26 Å². The highest BCUT2D eigenvalue weighted by atomic mass is 32.2. The van der Waals surface area contributed by atoms with Crippen LogP contribution < -0.4 is 4.72 Å². The maximum absolute atomic E-state index is 11.9. The standard InChI is InChI=1S/C9H15N3O2S2/c1-15-8-4-2-3-7(8)12-16(13,14)9-5-10-6-11-9/h5-8,12H,2-4H2,1H3,(H,10,11). The highest BCUT2D eigenvalue weighted by Crippen LogP contribution is 2.29. The minimum Gasteiger partial charge on any atom is -0.335 e. The quantitative estimate of drug-likeness (QED) is 0.847. The Kier molecular flexibility index (Phi) is 3.56. The van der Waals surface area contributed by atoms with Crippen LogP contribution in [0.4, 0.5) is 0 Å². The molecule has 1 saturated carbocycles. The van der Waals surface area contributed by atoms with Gasteiger partial charge in [-0.2, -0.15) is 11.8 Å². The van der Waals surface area contributed by atoms with Crippen molar-refractivity contribution in [1.29, 1.82) is 0 Å². The van der Waals surface area contributed by atoms with Gasteiger partial charge in [0.15, 0.2) is 5.03 Å². The average Bonchev–Trinajstić information content (AvgIpc) is 2.86. The van der Waals surface area contributed by atoms with Crippen molar-refractivity contribution in [2.45, 2.75) is 35.6 Å². The minimum atomic E-state index is -3.42. The van der Waals surface area contributed by atoms with Crippen molar-refractivity contribution in [3.05, 3.63) is 12.5 Å². The molecule has 2 atom stereocenters. The topological polar surface area (TPSA) is 74.8 Å². The van der Waals surface area contributed by atoms with E-state index in [2.05, 4.69) is 14.7 Å². The molecule has 0 bridgehead atoms. The first-order valence-electron chi connectivity index (χ1n) is 5.17. The lowest BCUT2D eigenvalue weighted by Crippen LogP contribution is -2.38. The van der Waals surface area contributed by atoms with Crippen LogP contribution in [0.25, 0.3) is 0 Å². The zero-order valence-corrected chi connectivity index (χ0v) is 10.6. The van der Waals surface area contributed by atoms with Gasteiger partial charge < -0.3 is 4.98 Å². The Morgan fingerprint density at radius 1 is 1.56 bits per heavy atom. The van der Waals surface area contributed by atoms with Crippen LogP contribution in [-0.2, 0) is 10.0 Å². The molecule has 1 aliphatic carbocycles. The first kappa shape index (κ1) is 11.9. The first-order chi connectivity index (χ1) is 7.63. The van der Waals surface area contributed by atoms with Gasteiger partial charge in [-0.05, 0) is 19.1 Å². The van der Waals surface area contributed by atoms with E-state index in [9.17, 15) is 8.42 Å². The second-order valence-electron chi connectivity index (χ2n) is 3.85. The Bertz CT molecular complexity index is 430. The summed E-state index contributed by atoms with van der Waals surface area (Å²) >= 11 is 1.73. The summed E-state index contributed by atoms with van der Waals surface area (Å²) in [6.45, 7) is 0. The van der Waals surface area contributed by atoms with Gasteiger partial charge in [-0.15, -0.1) is 0 Å². The number of hydrogen-bond donors (Lipinski definition) is 2. The van der Waals surface area contributed by atoms with Gasteiger partial charge in [0.05, 0.1) is 12.5 Å². The Labute approximate surface area is 99.5 Å². The molecule has 0 radical (unpaired) electrons. The number of hydrogen-bond acceptors (Lipinski definition) is 4. The third-order valence-corrected chi connectivity index (χ3v) is 5.41. The Morgan fingerprint density at radius 2 is 2.38 bits per heavy atom. The van der Waals surface area contributed by atoms with E-state index in [0.29, 0.717) is 5.25 Å². The van der Waals surface area contributed by atoms with Gasteiger partial charge in [-0.1, -0.05) is 6.42 Å². The summed E-state index contributed by atoms with van der Waals surface area (Å²) in [5.41, 5.74) is 0. The lowest BCUT2D eigenvalue weighted by atomic mass is 10.3. The van der Waals surface area contributed by atoms with Gasteiger partial charge in [0.2, 0.25) is 0 Å². The molecule has 0 saturated heterocycles. The smallest absolute Gasteiger partial charge is 0.257 e. The molecular formula is C9H15N3O2S2. The van der Waals surface area contributed by atoms with Crippen LogP contribution in [0.15, 0.2) is 17.6 Å². The third kappa shape index (κ3) is 2.41. The van der Waals surface area contributed by atoms with Crippen molar-refractivity contribution >= 4 is 21.8 Å². The first-order valence-corrected chi connectivity index (χ1v) is 7.94. The van der Waals surface area contributed by atoms with E-state index < -0.39 is 10.0 Å². The van der Waals surface area contributed by atoms with Crippen molar-refractivity contribution in [3.8, 4) is 0 Å². The van der Waals surface area contributed by atoms with Gasteiger partial charge >= 0.3 is 0 Å². The van der Waals surface area contributed by atoms with Gasteiger partial charge in [0.1, 0.15) is 0 Å². The molecule has 90 valence electrons. The summed E-state index contributed by atoms with van der Waals surface area (Å²) in [6, 6.07) is 0.0447. The molecule has 0 amide bonds. The Hall–Kier alpha value is -0.530. The van der Waals surface area contributed by atoms with E-state index in [1.165, 1.54) is 12.5 Å². The number of nitrogens with one attached hydrogen (secondary N) is 2. The average molecular weight is 261 g/mol. The SMILES string of the molecule is CSC1CCCC1NS(=O)(=O)c1cnc[nH]1.